The first kappa shape index (κ1) is 13.4. The molecule has 0 aliphatic carbocycles. The first-order valence-electron chi connectivity index (χ1n) is 6.82. The lowest BCUT2D eigenvalue weighted by molar-refractivity contribution is 0.501. The topological polar surface area (TPSA) is 13.1 Å². The molecule has 3 aromatic rings. The molecule has 1 aromatic heterocycles. The van der Waals surface area contributed by atoms with Gasteiger partial charge in [-0.25, -0.2) is 0 Å². The highest BCUT2D eigenvalue weighted by Crippen LogP contribution is 2.32. The predicted molar refractivity (Wildman–Crippen MR) is 87.5 cm³/mol. The molecule has 2 aromatic carbocycles. The van der Waals surface area contributed by atoms with Crippen LogP contribution in [0, 0.1) is 13.8 Å². The molecule has 1 heterocycles. The number of rotatable bonds is 3. The standard InChI is InChI=1S/C18H17BrO/c1-12-9-17(13(2)20-12)18(19)11-14-7-8-15-5-3-4-6-16(15)10-14/h3-10,18H,11H2,1-2H3. The van der Waals surface area contributed by atoms with Gasteiger partial charge in [0.15, 0.2) is 0 Å². The van der Waals surface area contributed by atoms with Crippen molar-refractivity contribution in [2.24, 2.45) is 0 Å². The monoisotopic (exact) mass is 328 g/mol. The third-order valence-corrected chi connectivity index (χ3v) is 4.46. The summed E-state index contributed by atoms with van der Waals surface area (Å²) in [4.78, 5) is 0.293. The predicted octanol–water partition coefficient (Wildman–Crippen LogP) is 5.73. The molecule has 0 saturated heterocycles. The highest BCUT2D eigenvalue weighted by atomic mass is 79.9. The number of furan rings is 1. The summed E-state index contributed by atoms with van der Waals surface area (Å²) in [7, 11) is 0. The molecule has 102 valence electrons. The van der Waals surface area contributed by atoms with Crippen LogP contribution in [0.5, 0.6) is 0 Å². The number of alkyl halides is 1. The van der Waals surface area contributed by atoms with Gasteiger partial charge in [0.05, 0.1) is 0 Å². The molecule has 0 bridgehead atoms. The molecule has 3 rings (SSSR count). The van der Waals surface area contributed by atoms with E-state index in [0.29, 0.717) is 4.83 Å². The minimum Gasteiger partial charge on any atom is -0.466 e. The van der Waals surface area contributed by atoms with Gasteiger partial charge in [0, 0.05) is 10.4 Å². The fourth-order valence-corrected chi connectivity index (χ4v) is 3.47. The van der Waals surface area contributed by atoms with Gasteiger partial charge in [-0.05, 0) is 42.7 Å². The van der Waals surface area contributed by atoms with Gasteiger partial charge in [-0.2, -0.15) is 0 Å². The molecule has 0 saturated carbocycles. The van der Waals surface area contributed by atoms with Gasteiger partial charge < -0.3 is 4.42 Å². The molecule has 0 aliphatic rings. The summed E-state index contributed by atoms with van der Waals surface area (Å²) in [5, 5.41) is 2.59. The van der Waals surface area contributed by atoms with E-state index in [1.807, 2.05) is 13.8 Å². The number of aryl methyl sites for hydroxylation is 2. The smallest absolute Gasteiger partial charge is 0.105 e. The van der Waals surface area contributed by atoms with Crippen molar-refractivity contribution in [3.8, 4) is 0 Å². The molecule has 0 fully saturated rings. The van der Waals surface area contributed by atoms with Crippen LogP contribution in [0.3, 0.4) is 0 Å². The maximum Gasteiger partial charge on any atom is 0.105 e. The zero-order chi connectivity index (χ0) is 14.1. The summed E-state index contributed by atoms with van der Waals surface area (Å²) in [6, 6.07) is 17.3. The molecule has 0 spiro atoms. The zero-order valence-corrected chi connectivity index (χ0v) is 13.3. The summed E-state index contributed by atoms with van der Waals surface area (Å²) < 4.78 is 5.61. The lowest BCUT2D eigenvalue weighted by atomic mass is 10.0. The van der Waals surface area contributed by atoms with E-state index in [1.54, 1.807) is 0 Å². The third kappa shape index (κ3) is 2.66. The summed E-state index contributed by atoms with van der Waals surface area (Å²) in [5.41, 5.74) is 2.58. The normalized spacial score (nSPS) is 12.8. The van der Waals surface area contributed by atoms with Crippen LogP contribution in [-0.4, -0.2) is 0 Å². The first-order valence-corrected chi connectivity index (χ1v) is 7.74. The van der Waals surface area contributed by atoms with E-state index in [1.165, 1.54) is 21.9 Å². The Morgan fingerprint density at radius 1 is 1.00 bits per heavy atom. The molecule has 0 N–H and O–H groups in total. The lowest BCUT2D eigenvalue weighted by Gasteiger charge is -2.10. The van der Waals surface area contributed by atoms with Crippen molar-refractivity contribution in [3.63, 3.8) is 0 Å². The van der Waals surface area contributed by atoms with E-state index in [0.717, 1.165) is 17.9 Å². The Balaban J connectivity index is 1.87. The maximum absolute atomic E-state index is 5.61. The van der Waals surface area contributed by atoms with E-state index in [-0.39, 0.29) is 0 Å². The molecule has 1 atom stereocenters. The molecule has 2 heteroatoms. The summed E-state index contributed by atoms with van der Waals surface area (Å²) >= 11 is 3.79. The fourth-order valence-electron chi connectivity index (χ4n) is 2.64. The molecular weight excluding hydrogens is 312 g/mol. The number of halogens is 1. The number of benzene rings is 2. The largest absolute Gasteiger partial charge is 0.466 e. The van der Waals surface area contributed by atoms with Crippen LogP contribution < -0.4 is 0 Å². The van der Waals surface area contributed by atoms with E-state index < -0.39 is 0 Å². The van der Waals surface area contributed by atoms with Gasteiger partial charge in [0.25, 0.3) is 0 Å². The second-order valence-corrected chi connectivity index (χ2v) is 6.33. The summed E-state index contributed by atoms with van der Waals surface area (Å²) in [5.74, 6) is 1.98. The third-order valence-electron chi connectivity index (χ3n) is 3.65. The average Bonchev–Trinajstić information content (AvgIpc) is 2.78. The Kier molecular flexibility index (Phi) is 3.66. The quantitative estimate of drug-likeness (QED) is 0.559. The van der Waals surface area contributed by atoms with Crippen LogP contribution in [0.1, 0.15) is 27.5 Å². The number of hydrogen-bond donors (Lipinski definition) is 0. The minimum atomic E-state index is 0.293. The second-order valence-electron chi connectivity index (χ2n) is 5.22. The summed E-state index contributed by atoms with van der Waals surface area (Å²) in [6.07, 6.45) is 0.963. The molecule has 20 heavy (non-hydrogen) atoms. The Morgan fingerprint density at radius 2 is 1.75 bits per heavy atom. The Morgan fingerprint density at radius 3 is 2.45 bits per heavy atom. The summed E-state index contributed by atoms with van der Waals surface area (Å²) in [6.45, 7) is 4.02. The number of hydrogen-bond acceptors (Lipinski definition) is 1. The van der Waals surface area contributed by atoms with Crippen molar-refractivity contribution in [2.75, 3.05) is 0 Å². The van der Waals surface area contributed by atoms with Gasteiger partial charge in [0.2, 0.25) is 0 Å². The van der Waals surface area contributed by atoms with Crippen molar-refractivity contribution in [3.05, 3.63) is 71.2 Å². The Hall–Kier alpha value is -1.54. The van der Waals surface area contributed by atoms with E-state index in [9.17, 15) is 0 Å². The highest BCUT2D eigenvalue weighted by molar-refractivity contribution is 9.09. The molecule has 0 amide bonds. The Labute approximate surface area is 127 Å². The molecular formula is C18H17BrO. The minimum absolute atomic E-state index is 0.293. The van der Waals surface area contributed by atoms with E-state index >= 15 is 0 Å². The van der Waals surface area contributed by atoms with Crippen molar-refractivity contribution < 1.29 is 4.42 Å². The maximum atomic E-state index is 5.61. The fraction of sp³-hybridized carbons (Fsp3) is 0.222. The van der Waals surface area contributed by atoms with Crippen molar-refractivity contribution in [1.82, 2.24) is 0 Å². The van der Waals surface area contributed by atoms with Crippen LogP contribution in [0.2, 0.25) is 0 Å². The second kappa shape index (κ2) is 5.45. The van der Waals surface area contributed by atoms with Crippen molar-refractivity contribution >= 4 is 26.7 Å². The molecule has 0 radical (unpaired) electrons. The number of fused-ring (bicyclic) bond motifs is 1. The van der Waals surface area contributed by atoms with Crippen LogP contribution >= 0.6 is 15.9 Å². The first-order chi connectivity index (χ1) is 9.63. The molecule has 1 nitrogen and oxygen atoms in total. The van der Waals surface area contributed by atoms with Gasteiger partial charge in [-0.1, -0.05) is 58.4 Å². The van der Waals surface area contributed by atoms with Gasteiger partial charge in [0.1, 0.15) is 11.5 Å². The van der Waals surface area contributed by atoms with Gasteiger partial charge in [-0.3, -0.25) is 0 Å². The van der Waals surface area contributed by atoms with Gasteiger partial charge >= 0.3 is 0 Å². The van der Waals surface area contributed by atoms with Crippen LogP contribution in [0.25, 0.3) is 10.8 Å². The van der Waals surface area contributed by atoms with E-state index in [2.05, 4.69) is 64.5 Å². The zero-order valence-electron chi connectivity index (χ0n) is 11.7. The average molecular weight is 329 g/mol. The SMILES string of the molecule is Cc1cc(C(Br)Cc2ccc3ccccc3c2)c(C)o1. The van der Waals surface area contributed by atoms with Crippen molar-refractivity contribution in [1.29, 1.82) is 0 Å². The van der Waals surface area contributed by atoms with Crippen LogP contribution in [0.4, 0.5) is 0 Å². The lowest BCUT2D eigenvalue weighted by Crippen LogP contribution is -1.95. The van der Waals surface area contributed by atoms with Crippen LogP contribution in [-0.2, 0) is 6.42 Å². The van der Waals surface area contributed by atoms with E-state index in [4.69, 9.17) is 4.42 Å². The molecule has 0 aliphatic heterocycles. The van der Waals surface area contributed by atoms with Crippen LogP contribution in [0.15, 0.2) is 52.9 Å². The van der Waals surface area contributed by atoms with Crippen molar-refractivity contribution in [2.45, 2.75) is 25.1 Å². The highest BCUT2D eigenvalue weighted by Gasteiger charge is 2.15. The molecule has 1 unspecified atom stereocenters. The Bertz CT molecular complexity index is 742. The van der Waals surface area contributed by atoms with Gasteiger partial charge in [-0.15, -0.1) is 0 Å².